The number of pyridine rings is 1. The highest BCUT2D eigenvalue weighted by molar-refractivity contribution is 7.10. The summed E-state index contributed by atoms with van der Waals surface area (Å²) in [5.74, 6) is 6.01. The summed E-state index contributed by atoms with van der Waals surface area (Å²) in [5, 5.41) is 2.85. The van der Waals surface area contributed by atoms with Crippen LogP contribution in [-0.4, -0.2) is 9.97 Å². The molecule has 0 aliphatic rings. The molecule has 0 radical (unpaired) electrons. The number of hydrogen-bond donors (Lipinski definition) is 0. The van der Waals surface area contributed by atoms with Crippen LogP contribution >= 0.6 is 11.3 Å². The maximum absolute atomic E-state index is 4.25. The van der Waals surface area contributed by atoms with Gasteiger partial charge in [-0.2, -0.15) is 0 Å². The Labute approximate surface area is 86.7 Å². The van der Waals surface area contributed by atoms with Crippen molar-refractivity contribution < 1.29 is 0 Å². The number of nitrogens with zero attached hydrogens (tertiary/aromatic N) is 2. The van der Waals surface area contributed by atoms with Crippen molar-refractivity contribution in [3.05, 3.63) is 46.2 Å². The second-order valence-corrected chi connectivity index (χ2v) is 3.64. The third kappa shape index (κ3) is 2.18. The van der Waals surface area contributed by atoms with Gasteiger partial charge in [0.05, 0.1) is 0 Å². The predicted molar refractivity (Wildman–Crippen MR) is 57.1 cm³/mol. The van der Waals surface area contributed by atoms with E-state index in [1.165, 1.54) is 0 Å². The zero-order chi connectivity index (χ0) is 9.80. The first-order chi connectivity index (χ1) is 6.84. The molecule has 2 nitrogen and oxygen atoms in total. The molecule has 3 heteroatoms. The van der Waals surface area contributed by atoms with E-state index in [1.807, 2.05) is 24.4 Å². The average molecular weight is 200 g/mol. The minimum absolute atomic E-state index is 0.853. The molecule has 0 N–H and O–H groups in total. The molecule has 2 aromatic heterocycles. The van der Waals surface area contributed by atoms with Crippen LogP contribution in [0, 0.1) is 18.8 Å². The summed E-state index contributed by atoms with van der Waals surface area (Å²) >= 11 is 1.56. The third-order valence-electron chi connectivity index (χ3n) is 1.59. The van der Waals surface area contributed by atoms with E-state index in [9.17, 15) is 0 Å². The zero-order valence-electron chi connectivity index (χ0n) is 7.69. The highest BCUT2D eigenvalue weighted by Gasteiger charge is 1.92. The molecule has 0 fully saturated rings. The fraction of sp³-hybridized carbons (Fsp3) is 0.0909. The third-order valence-corrected chi connectivity index (χ3v) is 2.47. The van der Waals surface area contributed by atoms with Crippen molar-refractivity contribution in [1.82, 2.24) is 9.97 Å². The summed E-state index contributed by atoms with van der Waals surface area (Å²) in [6, 6.07) is 3.80. The van der Waals surface area contributed by atoms with E-state index >= 15 is 0 Å². The Bertz CT molecular complexity index is 477. The van der Waals surface area contributed by atoms with Gasteiger partial charge in [0.2, 0.25) is 0 Å². The van der Waals surface area contributed by atoms with Crippen molar-refractivity contribution in [3.63, 3.8) is 0 Å². The van der Waals surface area contributed by atoms with E-state index in [0.29, 0.717) is 0 Å². The van der Waals surface area contributed by atoms with Gasteiger partial charge in [0.1, 0.15) is 0 Å². The quantitative estimate of drug-likeness (QED) is 0.609. The fourth-order valence-corrected chi connectivity index (χ4v) is 1.62. The number of thiazole rings is 1. The molecule has 0 atom stereocenters. The van der Waals surface area contributed by atoms with Crippen LogP contribution in [0.4, 0.5) is 0 Å². The molecule has 2 aromatic rings. The van der Waals surface area contributed by atoms with Crippen LogP contribution < -0.4 is 0 Å². The molecule has 0 amide bonds. The molecule has 0 saturated carbocycles. The number of rotatable bonds is 0. The van der Waals surface area contributed by atoms with E-state index in [0.717, 1.165) is 16.3 Å². The first-order valence-electron chi connectivity index (χ1n) is 4.19. The summed E-state index contributed by atoms with van der Waals surface area (Å²) in [7, 11) is 0. The van der Waals surface area contributed by atoms with E-state index in [4.69, 9.17) is 0 Å². The summed E-state index contributed by atoms with van der Waals surface area (Å²) < 4.78 is 0. The number of aromatic nitrogens is 2. The van der Waals surface area contributed by atoms with Crippen molar-refractivity contribution in [2.75, 3.05) is 0 Å². The van der Waals surface area contributed by atoms with Gasteiger partial charge >= 0.3 is 0 Å². The minimum Gasteiger partial charge on any atom is -0.263 e. The van der Waals surface area contributed by atoms with Gasteiger partial charge in [-0.1, -0.05) is 5.92 Å². The van der Waals surface area contributed by atoms with Crippen molar-refractivity contribution in [2.45, 2.75) is 6.92 Å². The van der Waals surface area contributed by atoms with Gasteiger partial charge in [-0.3, -0.25) is 4.98 Å². The average Bonchev–Trinajstić information content (AvgIpc) is 2.63. The van der Waals surface area contributed by atoms with Gasteiger partial charge in [-0.15, -0.1) is 11.3 Å². The van der Waals surface area contributed by atoms with Gasteiger partial charge in [0.25, 0.3) is 0 Å². The molecule has 14 heavy (non-hydrogen) atoms. The van der Waals surface area contributed by atoms with E-state index in [2.05, 4.69) is 21.8 Å². The molecular weight excluding hydrogens is 192 g/mol. The first kappa shape index (κ1) is 8.92. The highest BCUT2D eigenvalue weighted by atomic mass is 32.1. The summed E-state index contributed by atoms with van der Waals surface area (Å²) in [6.45, 7) is 1.96. The monoisotopic (exact) mass is 200 g/mol. The fourth-order valence-electron chi connectivity index (χ4n) is 0.974. The Morgan fingerprint density at radius 2 is 2.29 bits per heavy atom. The predicted octanol–water partition coefficient (Wildman–Crippen LogP) is 2.25. The topological polar surface area (TPSA) is 25.8 Å². The number of aryl methyl sites for hydroxylation is 1. The lowest BCUT2D eigenvalue weighted by Crippen LogP contribution is -1.76. The lowest BCUT2D eigenvalue weighted by atomic mass is 10.3. The highest BCUT2D eigenvalue weighted by Crippen LogP contribution is 2.06. The van der Waals surface area contributed by atoms with Crippen LogP contribution in [0.5, 0.6) is 0 Å². The van der Waals surface area contributed by atoms with Crippen LogP contribution in [0.2, 0.25) is 0 Å². The molecule has 0 aliphatic heterocycles. The van der Waals surface area contributed by atoms with E-state index in [1.54, 1.807) is 23.7 Å². The van der Waals surface area contributed by atoms with Crippen LogP contribution in [-0.2, 0) is 0 Å². The second kappa shape index (κ2) is 4.03. The smallest absolute Gasteiger partial charge is 0.167 e. The van der Waals surface area contributed by atoms with Crippen LogP contribution in [0.25, 0.3) is 0 Å². The van der Waals surface area contributed by atoms with Gasteiger partial charge in [-0.05, 0) is 25.0 Å². The Kier molecular flexibility index (Phi) is 2.57. The van der Waals surface area contributed by atoms with Crippen molar-refractivity contribution in [2.24, 2.45) is 0 Å². The second-order valence-electron chi connectivity index (χ2n) is 2.79. The van der Waals surface area contributed by atoms with Crippen molar-refractivity contribution >= 4 is 11.3 Å². The van der Waals surface area contributed by atoms with Gasteiger partial charge in [0, 0.05) is 29.0 Å². The summed E-state index contributed by atoms with van der Waals surface area (Å²) in [6.07, 6.45) is 3.48. The van der Waals surface area contributed by atoms with E-state index in [-0.39, 0.29) is 0 Å². The molecule has 2 heterocycles. The van der Waals surface area contributed by atoms with Gasteiger partial charge in [0.15, 0.2) is 5.01 Å². The lowest BCUT2D eigenvalue weighted by molar-refractivity contribution is 1.25. The van der Waals surface area contributed by atoms with Gasteiger partial charge < -0.3 is 0 Å². The Hall–Kier alpha value is -1.66. The summed E-state index contributed by atoms with van der Waals surface area (Å²) in [5.41, 5.74) is 1.94. The molecule has 0 aliphatic carbocycles. The van der Waals surface area contributed by atoms with E-state index < -0.39 is 0 Å². The molecule has 0 bridgehead atoms. The maximum atomic E-state index is 4.25. The number of hydrogen-bond acceptors (Lipinski definition) is 3. The summed E-state index contributed by atoms with van der Waals surface area (Å²) in [4.78, 5) is 8.23. The molecular formula is C11H8N2S. The normalized spacial score (nSPS) is 9.21. The largest absolute Gasteiger partial charge is 0.263 e. The molecule has 0 spiro atoms. The molecule has 0 aromatic carbocycles. The Morgan fingerprint density at radius 3 is 2.93 bits per heavy atom. The first-order valence-corrected chi connectivity index (χ1v) is 5.07. The molecule has 2 rings (SSSR count). The standard InChI is InChI=1S/C11H8N2S/c1-9-8-14-11(13-9)5-4-10-3-2-6-12-7-10/h2-3,6-8H,1H3. The lowest BCUT2D eigenvalue weighted by Gasteiger charge is -1.84. The molecule has 68 valence electrons. The van der Waals surface area contributed by atoms with Crippen LogP contribution in [0.3, 0.4) is 0 Å². The van der Waals surface area contributed by atoms with Crippen LogP contribution in [0.1, 0.15) is 16.3 Å². The molecule has 0 saturated heterocycles. The molecule has 0 unspecified atom stereocenters. The maximum Gasteiger partial charge on any atom is 0.167 e. The SMILES string of the molecule is Cc1csc(C#Cc2cccnc2)n1. The van der Waals surface area contributed by atoms with Crippen molar-refractivity contribution in [3.8, 4) is 11.8 Å². The minimum atomic E-state index is 0.853. The van der Waals surface area contributed by atoms with Crippen molar-refractivity contribution in [1.29, 1.82) is 0 Å². The zero-order valence-corrected chi connectivity index (χ0v) is 8.51. The Morgan fingerprint density at radius 1 is 1.36 bits per heavy atom. The van der Waals surface area contributed by atoms with Crippen LogP contribution in [0.15, 0.2) is 29.9 Å². The van der Waals surface area contributed by atoms with Gasteiger partial charge in [-0.25, -0.2) is 4.98 Å². The Balaban J connectivity index is 2.23.